The summed E-state index contributed by atoms with van der Waals surface area (Å²) in [7, 11) is 0. The first-order valence-corrected chi connectivity index (χ1v) is 9.39. The Kier molecular flexibility index (Phi) is 3.99. The summed E-state index contributed by atoms with van der Waals surface area (Å²) in [5.74, 6) is 0.716. The zero-order valence-corrected chi connectivity index (χ0v) is 14.7. The molecular formula is C18H23BrN2O. The number of ether oxygens (including phenoxy) is 1. The van der Waals surface area contributed by atoms with Crippen LogP contribution in [0.25, 0.3) is 10.9 Å². The maximum atomic E-state index is 5.93. The molecule has 1 aliphatic carbocycles. The van der Waals surface area contributed by atoms with E-state index in [4.69, 9.17) is 4.74 Å². The molecule has 1 aromatic heterocycles. The van der Waals surface area contributed by atoms with Gasteiger partial charge in [0.15, 0.2) is 6.23 Å². The Labute approximate surface area is 140 Å². The molecule has 1 aliphatic heterocycles. The van der Waals surface area contributed by atoms with Crippen molar-refractivity contribution >= 4 is 26.8 Å². The second kappa shape index (κ2) is 5.97. The van der Waals surface area contributed by atoms with Crippen molar-refractivity contribution in [1.82, 2.24) is 9.78 Å². The van der Waals surface area contributed by atoms with Gasteiger partial charge in [0.25, 0.3) is 0 Å². The van der Waals surface area contributed by atoms with E-state index in [0.29, 0.717) is 5.92 Å². The van der Waals surface area contributed by atoms with E-state index in [1.54, 1.807) is 5.56 Å². The lowest BCUT2D eigenvalue weighted by atomic mass is 9.95. The lowest BCUT2D eigenvalue weighted by molar-refractivity contribution is -0.0366. The van der Waals surface area contributed by atoms with E-state index in [1.165, 1.54) is 59.5 Å². The number of hydrogen-bond donors (Lipinski definition) is 0. The molecule has 4 heteroatoms. The second-order valence-electron chi connectivity index (χ2n) is 6.63. The fraction of sp³-hybridized carbons (Fsp3) is 0.611. The van der Waals surface area contributed by atoms with Crippen LogP contribution < -0.4 is 0 Å². The summed E-state index contributed by atoms with van der Waals surface area (Å²) in [4.78, 5) is 0. The molecule has 0 spiro atoms. The van der Waals surface area contributed by atoms with Crippen molar-refractivity contribution in [1.29, 1.82) is 0 Å². The lowest BCUT2D eigenvalue weighted by Gasteiger charge is -2.23. The zero-order chi connectivity index (χ0) is 15.1. The number of rotatable bonds is 3. The van der Waals surface area contributed by atoms with E-state index in [9.17, 15) is 0 Å². The van der Waals surface area contributed by atoms with E-state index in [0.717, 1.165) is 13.0 Å². The molecule has 4 rings (SSSR count). The third-order valence-electron chi connectivity index (χ3n) is 5.20. The molecule has 0 radical (unpaired) electrons. The monoisotopic (exact) mass is 362 g/mol. The molecular weight excluding hydrogens is 340 g/mol. The van der Waals surface area contributed by atoms with Crippen molar-refractivity contribution in [3.8, 4) is 0 Å². The Morgan fingerprint density at radius 2 is 2.27 bits per heavy atom. The van der Waals surface area contributed by atoms with Gasteiger partial charge >= 0.3 is 0 Å². The maximum Gasteiger partial charge on any atom is 0.150 e. The van der Waals surface area contributed by atoms with Gasteiger partial charge in [0, 0.05) is 16.5 Å². The molecule has 1 aromatic carbocycles. The highest BCUT2D eigenvalue weighted by atomic mass is 79.9. The van der Waals surface area contributed by atoms with Crippen LogP contribution in [0.5, 0.6) is 0 Å². The average molecular weight is 363 g/mol. The van der Waals surface area contributed by atoms with Crippen LogP contribution in [-0.2, 0) is 11.2 Å². The minimum absolute atomic E-state index is 0.115. The Hall–Kier alpha value is -0.870. The fourth-order valence-electron chi connectivity index (χ4n) is 4.12. The summed E-state index contributed by atoms with van der Waals surface area (Å²) in [5.41, 5.74) is 4.28. The van der Waals surface area contributed by atoms with Crippen molar-refractivity contribution in [3.63, 3.8) is 0 Å². The lowest BCUT2D eigenvalue weighted by Crippen LogP contribution is -2.19. The molecule has 1 fully saturated rings. The summed E-state index contributed by atoms with van der Waals surface area (Å²) < 4.78 is 9.31. The predicted octanol–water partition coefficient (Wildman–Crippen LogP) is 5.33. The van der Waals surface area contributed by atoms with Gasteiger partial charge in [-0.15, -0.1) is 0 Å². The standard InChI is InChI=1S/C18H23BrN2O/c1-2-5-12-7-8-13-10-15-14(18(19)17(12)13)11-20-21(15)16-6-3-4-9-22-16/h10-12,16H,2-9H2,1H3. The minimum atomic E-state index is 0.115. The highest BCUT2D eigenvalue weighted by molar-refractivity contribution is 9.10. The summed E-state index contributed by atoms with van der Waals surface area (Å²) in [6.45, 7) is 3.14. The number of aryl methyl sites for hydroxylation is 1. The second-order valence-corrected chi connectivity index (χ2v) is 7.42. The van der Waals surface area contributed by atoms with Crippen LogP contribution in [-0.4, -0.2) is 16.4 Å². The SMILES string of the molecule is CCCC1CCc2cc3c(cnn3C3CCCCO3)c(Br)c21. The van der Waals surface area contributed by atoms with Crippen molar-refractivity contribution in [2.75, 3.05) is 6.61 Å². The van der Waals surface area contributed by atoms with E-state index < -0.39 is 0 Å². The molecule has 2 heterocycles. The van der Waals surface area contributed by atoms with E-state index in [1.807, 2.05) is 6.20 Å². The van der Waals surface area contributed by atoms with Crippen LogP contribution in [0.15, 0.2) is 16.7 Å². The highest BCUT2D eigenvalue weighted by Crippen LogP contribution is 2.44. The van der Waals surface area contributed by atoms with Gasteiger partial charge in [0.1, 0.15) is 0 Å². The molecule has 0 bridgehead atoms. The van der Waals surface area contributed by atoms with Crippen LogP contribution in [0.3, 0.4) is 0 Å². The quantitative estimate of drug-likeness (QED) is 0.737. The van der Waals surface area contributed by atoms with Crippen molar-refractivity contribution < 1.29 is 4.74 Å². The number of hydrogen-bond acceptors (Lipinski definition) is 2. The van der Waals surface area contributed by atoms with Gasteiger partial charge in [0.2, 0.25) is 0 Å². The number of benzene rings is 1. The predicted molar refractivity (Wildman–Crippen MR) is 92.2 cm³/mol. The minimum Gasteiger partial charge on any atom is -0.356 e. The number of nitrogens with zero attached hydrogens (tertiary/aromatic N) is 2. The third kappa shape index (κ3) is 2.31. The van der Waals surface area contributed by atoms with Gasteiger partial charge in [-0.3, -0.25) is 0 Å². The molecule has 1 saturated heterocycles. The molecule has 118 valence electrons. The molecule has 2 atom stereocenters. The van der Waals surface area contributed by atoms with Gasteiger partial charge in [0.05, 0.1) is 11.7 Å². The van der Waals surface area contributed by atoms with Crippen molar-refractivity contribution in [3.05, 3.63) is 27.9 Å². The first kappa shape index (κ1) is 14.7. The van der Waals surface area contributed by atoms with E-state index in [-0.39, 0.29) is 6.23 Å². The third-order valence-corrected chi connectivity index (χ3v) is 6.05. The molecule has 2 unspecified atom stereocenters. The van der Waals surface area contributed by atoms with Crippen molar-refractivity contribution in [2.45, 2.75) is 64.0 Å². The molecule has 2 aromatic rings. The number of aromatic nitrogens is 2. The molecule has 22 heavy (non-hydrogen) atoms. The van der Waals surface area contributed by atoms with E-state index >= 15 is 0 Å². The topological polar surface area (TPSA) is 27.1 Å². The van der Waals surface area contributed by atoms with Crippen LogP contribution in [0.1, 0.15) is 68.7 Å². The van der Waals surface area contributed by atoms with Crippen LogP contribution >= 0.6 is 15.9 Å². The van der Waals surface area contributed by atoms with Gasteiger partial charge in [-0.05, 0) is 77.6 Å². The van der Waals surface area contributed by atoms with Crippen LogP contribution in [0.4, 0.5) is 0 Å². The van der Waals surface area contributed by atoms with Gasteiger partial charge in [-0.1, -0.05) is 13.3 Å². The summed E-state index contributed by atoms with van der Waals surface area (Å²) in [5, 5.41) is 5.90. The van der Waals surface area contributed by atoms with Crippen LogP contribution in [0, 0.1) is 0 Å². The van der Waals surface area contributed by atoms with Crippen LogP contribution in [0.2, 0.25) is 0 Å². The summed E-state index contributed by atoms with van der Waals surface area (Å²) in [6, 6.07) is 2.37. The smallest absolute Gasteiger partial charge is 0.150 e. The van der Waals surface area contributed by atoms with Gasteiger partial charge in [-0.25, -0.2) is 4.68 Å². The highest BCUT2D eigenvalue weighted by Gasteiger charge is 2.28. The Morgan fingerprint density at radius 1 is 1.36 bits per heavy atom. The fourth-order valence-corrected chi connectivity index (χ4v) is 5.00. The normalized spacial score (nSPS) is 24.8. The first-order chi connectivity index (χ1) is 10.8. The maximum absolute atomic E-state index is 5.93. The number of halogens is 1. The Balaban J connectivity index is 1.79. The molecule has 0 N–H and O–H groups in total. The Morgan fingerprint density at radius 3 is 3.05 bits per heavy atom. The average Bonchev–Trinajstić information content (AvgIpc) is 3.14. The summed E-state index contributed by atoms with van der Waals surface area (Å²) in [6.07, 6.45) is 10.6. The number of fused-ring (bicyclic) bond motifs is 2. The Bertz CT molecular complexity index is 688. The van der Waals surface area contributed by atoms with E-state index in [2.05, 4.69) is 38.7 Å². The first-order valence-electron chi connectivity index (χ1n) is 8.59. The molecule has 3 nitrogen and oxygen atoms in total. The van der Waals surface area contributed by atoms with Gasteiger partial charge < -0.3 is 4.74 Å². The molecule has 0 amide bonds. The van der Waals surface area contributed by atoms with Gasteiger partial charge in [-0.2, -0.15) is 5.10 Å². The summed E-state index contributed by atoms with van der Waals surface area (Å²) >= 11 is 3.89. The zero-order valence-electron chi connectivity index (χ0n) is 13.1. The largest absolute Gasteiger partial charge is 0.356 e. The molecule has 0 saturated carbocycles. The van der Waals surface area contributed by atoms with Crippen molar-refractivity contribution in [2.24, 2.45) is 0 Å². The molecule has 2 aliphatic rings.